The van der Waals surface area contributed by atoms with E-state index in [1.54, 1.807) is 67.6 Å². The highest BCUT2D eigenvalue weighted by atomic mass is 16.3. The summed E-state index contributed by atoms with van der Waals surface area (Å²) in [6.07, 6.45) is 2.67. The highest BCUT2D eigenvalue weighted by molar-refractivity contribution is 6.24. The number of imide groups is 2. The summed E-state index contributed by atoms with van der Waals surface area (Å²) in [7, 11) is 0. The third-order valence-corrected chi connectivity index (χ3v) is 9.28. The number of allylic oxidation sites excluding steroid dienone is 2. The lowest BCUT2D eigenvalue weighted by Crippen LogP contribution is -2.43. The number of phenolic OH excluding ortho intramolecular Hbond substituents is 1. The molecule has 0 unspecified atom stereocenters. The van der Waals surface area contributed by atoms with Crippen LogP contribution < -0.4 is 9.80 Å². The highest BCUT2D eigenvalue weighted by Gasteiger charge is 2.62. The number of phenols is 1. The van der Waals surface area contributed by atoms with Gasteiger partial charge in [-0.3, -0.25) is 29.0 Å². The van der Waals surface area contributed by atoms with E-state index >= 15 is 0 Å². The van der Waals surface area contributed by atoms with E-state index in [0.717, 1.165) is 5.57 Å². The summed E-state index contributed by atoms with van der Waals surface area (Å²) in [5, 5.41) is 11.2. The van der Waals surface area contributed by atoms with Crippen molar-refractivity contribution in [2.45, 2.75) is 25.7 Å². The lowest BCUT2D eigenvalue weighted by atomic mass is 9.57. The normalized spacial score (nSPS) is 29.3. The van der Waals surface area contributed by atoms with Crippen LogP contribution in [0.1, 0.15) is 29.9 Å². The topological polar surface area (TPSA) is 95.0 Å². The average Bonchev–Trinajstić information content (AvgIpc) is 3.38. The van der Waals surface area contributed by atoms with Crippen molar-refractivity contribution in [3.05, 3.63) is 102 Å². The van der Waals surface area contributed by atoms with Crippen LogP contribution in [-0.4, -0.2) is 28.7 Å². The molecule has 2 aliphatic carbocycles. The van der Waals surface area contributed by atoms with Gasteiger partial charge in [-0.1, -0.05) is 66.2 Å². The molecule has 4 aliphatic rings. The maximum Gasteiger partial charge on any atom is 0.238 e. The Morgan fingerprint density at radius 1 is 0.650 bits per heavy atom. The third kappa shape index (κ3) is 3.36. The number of carbonyl (C=O) groups is 4. The number of hydrogen-bond acceptors (Lipinski definition) is 5. The Bertz CT molecular complexity index is 1600. The molecule has 0 bridgehead atoms. The third-order valence-electron chi connectivity index (χ3n) is 9.28. The van der Waals surface area contributed by atoms with Crippen LogP contribution in [-0.2, 0) is 19.2 Å². The fourth-order valence-corrected chi connectivity index (χ4v) is 7.53. The van der Waals surface area contributed by atoms with Crippen molar-refractivity contribution in [1.82, 2.24) is 0 Å². The van der Waals surface area contributed by atoms with E-state index in [9.17, 15) is 24.3 Å². The number of carbonyl (C=O) groups excluding carboxylic acids is 4. The largest absolute Gasteiger partial charge is 0.507 e. The fraction of sp³-hybridized carbons (Fsp3) is 0.273. The van der Waals surface area contributed by atoms with Gasteiger partial charge in [0.05, 0.1) is 35.0 Å². The number of rotatable bonds is 3. The van der Waals surface area contributed by atoms with Crippen molar-refractivity contribution in [3.63, 3.8) is 0 Å². The summed E-state index contributed by atoms with van der Waals surface area (Å²) in [6.45, 7) is 1.80. The van der Waals surface area contributed by atoms with Crippen LogP contribution >= 0.6 is 0 Å². The van der Waals surface area contributed by atoms with Gasteiger partial charge in [-0.25, -0.2) is 0 Å². The van der Waals surface area contributed by atoms with Gasteiger partial charge in [-0.2, -0.15) is 0 Å². The number of fused-ring (bicyclic) bond motifs is 4. The summed E-state index contributed by atoms with van der Waals surface area (Å²) >= 11 is 0. The number of aromatic hydroxyl groups is 1. The summed E-state index contributed by atoms with van der Waals surface area (Å²) in [4.78, 5) is 58.1. The molecule has 7 rings (SSSR count). The van der Waals surface area contributed by atoms with Crippen molar-refractivity contribution >= 4 is 35.0 Å². The first-order chi connectivity index (χ1) is 19.4. The minimum Gasteiger partial charge on any atom is -0.507 e. The van der Waals surface area contributed by atoms with Gasteiger partial charge in [0.2, 0.25) is 23.6 Å². The van der Waals surface area contributed by atoms with E-state index in [2.05, 4.69) is 0 Å². The Morgan fingerprint density at radius 2 is 1.23 bits per heavy atom. The van der Waals surface area contributed by atoms with Crippen LogP contribution in [0.4, 0.5) is 11.4 Å². The molecule has 4 amide bonds. The molecule has 0 radical (unpaired) electrons. The molecule has 3 aromatic rings. The fourth-order valence-electron chi connectivity index (χ4n) is 7.53. The first-order valence-electron chi connectivity index (χ1n) is 13.7. The molecule has 2 saturated heterocycles. The summed E-state index contributed by atoms with van der Waals surface area (Å²) in [5.74, 6) is -4.51. The van der Waals surface area contributed by atoms with Gasteiger partial charge < -0.3 is 5.11 Å². The SMILES string of the molecule is Cc1cccc([C@H]2C3=CC[C@@H]4C(=O)N(c5ccccc5)C(=O)[C@@H]4[C@@H]3C[C@H]3C(=O)N(c4ccccc4)C(=O)[C@@H]23)c1O. The first kappa shape index (κ1) is 24.5. The van der Waals surface area contributed by atoms with Crippen molar-refractivity contribution in [1.29, 1.82) is 0 Å². The molecule has 0 spiro atoms. The Balaban J connectivity index is 1.36. The molecular formula is C33H28N2O5. The molecule has 0 aromatic heterocycles. The van der Waals surface area contributed by atoms with E-state index in [-0.39, 0.29) is 29.4 Å². The smallest absolute Gasteiger partial charge is 0.238 e. The van der Waals surface area contributed by atoms with Gasteiger partial charge in [0.1, 0.15) is 5.75 Å². The number of para-hydroxylation sites is 3. The Morgan fingerprint density at radius 3 is 1.85 bits per heavy atom. The van der Waals surface area contributed by atoms with Crippen LogP contribution in [0, 0.1) is 36.5 Å². The summed E-state index contributed by atoms with van der Waals surface area (Å²) in [5.41, 5.74) is 3.17. The molecule has 3 fully saturated rings. The maximum absolute atomic E-state index is 14.1. The molecule has 200 valence electrons. The van der Waals surface area contributed by atoms with Crippen molar-refractivity contribution in [3.8, 4) is 5.75 Å². The van der Waals surface area contributed by atoms with Gasteiger partial charge >= 0.3 is 0 Å². The molecule has 6 atom stereocenters. The minimum atomic E-state index is -0.711. The molecule has 1 saturated carbocycles. The standard InChI is InChI=1S/C33H28N2O5/c1-18-9-8-14-22(29(18)36)26-21-15-16-23-27(32(39)34(30(23)37)19-10-4-2-5-11-19)24(21)17-25-28(26)33(40)35(31(25)38)20-12-6-3-7-13-20/h2-15,23-28,36H,16-17H2,1H3/t23-,24+,25+,26+,27-,28+/m0/s1. The zero-order valence-electron chi connectivity index (χ0n) is 21.9. The highest BCUT2D eigenvalue weighted by Crippen LogP contribution is 2.59. The molecule has 2 heterocycles. The van der Waals surface area contributed by atoms with Gasteiger partial charge in [0, 0.05) is 11.5 Å². The van der Waals surface area contributed by atoms with Crippen molar-refractivity contribution < 1.29 is 24.3 Å². The molecule has 2 aliphatic heterocycles. The summed E-state index contributed by atoms with van der Waals surface area (Å²) < 4.78 is 0. The Hall–Kier alpha value is -4.52. The van der Waals surface area contributed by atoms with E-state index in [0.29, 0.717) is 35.3 Å². The van der Waals surface area contributed by atoms with Gasteiger partial charge in [-0.05, 0) is 55.5 Å². The molecular weight excluding hydrogens is 504 g/mol. The second-order valence-electron chi connectivity index (χ2n) is 11.2. The zero-order chi connectivity index (χ0) is 27.7. The van der Waals surface area contributed by atoms with Gasteiger partial charge in [0.15, 0.2) is 0 Å². The van der Waals surface area contributed by atoms with Crippen LogP contribution in [0.2, 0.25) is 0 Å². The minimum absolute atomic E-state index is 0.0908. The van der Waals surface area contributed by atoms with Crippen LogP contribution in [0.5, 0.6) is 5.75 Å². The first-order valence-corrected chi connectivity index (χ1v) is 13.7. The van der Waals surface area contributed by atoms with E-state index in [1.807, 2.05) is 24.3 Å². The van der Waals surface area contributed by atoms with Gasteiger partial charge in [-0.15, -0.1) is 0 Å². The van der Waals surface area contributed by atoms with E-state index in [4.69, 9.17) is 0 Å². The molecule has 7 nitrogen and oxygen atoms in total. The zero-order valence-corrected chi connectivity index (χ0v) is 21.9. The summed E-state index contributed by atoms with van der Waals surface area (Å²) in [6, 6.07) is 23.3. The quantitative estimate of drug-likeness (QED) is 0.388. The van der Waals surface area contributed by atoms with E-state index < -0.39 is 35.5 Å². The number of benzene rings is 3. The lowest BCUT2D eigenvalue weighted by Gasteiger charge is -2.44. The predicted molar refractivity (Wildman–Crippen MR) is 148 cm³/mol. The van der Waals surface area contributed by atoms with Crippen molar-refractivity contribution in [2.75, 3.05) is 9.80 Å². The average molecular weight is 533 g/mol. The Labute approximate surface area is 231 Å². The number of amides is 4. The number of aryl methyl sites for hydroxylation is 1. The predicted octanol–water partition coefficient (Wildman–Crippen LogP) is 4.75. The van der Waals surface area contributed by atoms with Crippen LogP contribution in [0.3, 0.4) is 0 Å². The molecule has 3 aromatic carbocycles. The van der Waals surface area contributed by atoms with Crippen molar-refractivity contribution in [2.24, 2.45) is 29.6 Å². The molecule has 1 N–H and O–H groups in total. The van der Waals surface area contributed by atoms with Crippen LogP contribution in [0.25, 0.3) is 0 Å². The molecule has 7 heteroatoms. The number of hydrogen-bond donors (Lipinski definition) is 1. The Kier molecular flexibility index (Phi) is 5.52. The maximum atomic E-state index is 14.1. The lowest BCUT2D eigenvalue weighted by molar-refractivity contribution is -0.126. The second kappa shape index (κ2) is 9.01. The second-order valence-corrected chi connectivity index (χ2v) is 11.2. The van der Waals surface area contributed by atoms with E-state index in [1.165, 1.54) is 9.80 Å². The number of nitrogens with zero attached hydrogens (tertiary/aromatic N) is 2. The van der Waals surface area contributed by atoms with Crippen LogP contribution in [0.15, 0.2) is 90.5 Å². The number of anilines is 2. The van der Waals surface area contributed by atoms with Gasteiger partial charge in [0.25, 0.3) is 0 Å². The molecule has 40 heavy (non-hydrogen) atoms. The monoisotopic (exact) mass is 532 g/mol.